The molecule has 0 unspecified atom stereocenters. The van der Waals surface area contributed by atoms with Crippen LogP contribution < -0.4 is 5.32 Å². The van der Waals surface area contributed by atoms with Crippen molar-refractivity contribution >= 4 is 11.3 Å². The highest BCUT2D eigenvalue weighted by atomic mass is 32.1. The highest BCUT2D eigenvalue weighted by Crippen LogP contribution is 2.16. The van der Waals surface area contributed by atoms with E-state index in [9.17, 15) is 0 Å². The van der Waals surface area contributed by atoms with Crippen LogP contribution in [0.25, 0.3) is 0 Å². The van der Waals surface area contributed by atoms with E-state index in [2.05, 4.69) is 24.1 Å². The molecule has 0 radical (unpaired) electrons. The Balaban J connectivity index is 1.87. The summed E-state index contributed by atoms with van der Waals surface area (Å²) in [5.41, 5.74) is 0. The fourth-order valence-electron chi connectivity index (χ4n) is 1.49. The maximum Gasteiger partial charge on any atom is 0.120 e. The van der Waals surface area contributed by atoms with Gasteiger partial charge in [0.15, 0.2) is 0 Å². The molecule has 0 aliphatic heterocycles. The lowest BCUT2D eigenvalue weighted by Crippen LogP contribution is -2.16. The first-order valence-electron chi connectivity index (χ1n) is 5.50. The number of nitrogens with one attached hydrogen (secondary N) is 1. The van der Waals surface area contributed by atoms with E-state index in [-0.39, 0.29) is 6.04 Å². The monoisotopic (exact) mass is 236 g/mol. The number of furan rings is 1. The fourth-order valence-corrected chi connectivity index (χ4v) is 2.30. The van der Waals surface area contributed by atoms with Gasteiger partial charge in [-0.05, 0) is 25.5 Å². The Morgan fingerprint density at radius 1 is 1.56 bits per heavy atom. The van der Waals surface area contributed by atoms with Crippen molar-refractivity contribution < 1.29 is 4.42 Å². The van der Waals surface area contributed by atoms with Crippen molar-refractivity contribution in [2.75, 3.05) is 0 Å². The first-order valence-corrected chi connectivity index (χ1v) is 6.31. The molecule has 2 rings (SSSR count). The zero-order chi connectivity index (χ0) is 11.4. The first-order chi connectivity index (χ1) is 7.79. The van der Waals surface area contributed by atoms with E-state index in [1.807, 2.05) is 18.3 Å². The smallest absolute Gasteiger partial charge is 0.120 e. The molecule has 2 aromatic heterocycles. The molecule has 0 aliphatic carbocycles. The molecule has 0 bridgehead atoms. The molecule has 0 saturated carbocycles. The van der Waals surface area contributed by atoms with Gasteiger partial charge in [0.25, 0.3) is 0 Å². The van der Waals surface area contributed by atoms with E-state index < -0.39 is 0 Å². The molecule has 3 nitrogen and oxygen atoms in total. The third kappa shape index (κ3) is 2.71. The van der Waals surface area contributed by atoms with Crippen LogP contribution in [0.3, 0.4) is 0 Å². The molecule has 0 aromatic carbocycles. The number of thiazole rings is 1. The molecule has 0 aliphatic rings. The molecule has 86 valence electrons. The average molecular weight is 236 g/mol. The molecule has 0 spiro atoms. The Labute approximate surface area is 99.5 Å². The van der Waals surface area contributed by atoms with E-state index in [1.54, 1.807) is 17.6 Å². The summed E-state index contributed by atoms with van der Waals surface area (Å²) in [4.78, 5) is 5.60. The second-order valence-corrected chi connectivity index (χ2v) is 4.89. The Kier molecular flexibility index (Phi) is 3.74. The highest BCUT2D eigenvalue weighted by molar-refractivity contribution is 7.11. The topological polar surface area (TPSA) is 38.1 Å². The van der Waals surface area contributed by atoms with Gasteiger partial charge in [-0.1, -0.05) is 6.92 Å². The molecule has 4 heteroatoms. The summed E-state index contributed by atoms with van der Waals surface area (Å²) >= 11 is 1.77. The van der Waals surface area contributed by atoms with Gasteiger partial charge in [0.1, 0.15) is 5.76 Å². The van der Waals surface area contributed by atoms with Crippen LogP contribution in [0.4, 0.5) is 0 Å². The lowest BCUT2D eigenvalue weighted by atomic mass is 10.2. The van der Waals surface area contributed by atoms with Gasteiger partial charge in [-0.25, -0.2) is 4.98 Å². The van der Waals surface area contributed by atoms with E-state index in [0.717, 1.165) is 18.7 Å². The van der Waals surface area contributed by atoms with Crippen molar-refractivity contribution in [3.63, 3.8) is 0 Å². The SMILES string of the molecule is CCc1ncc(CN[C@H](C)c2ccco2)s1. The molecule has 16 heavy (non-hydrogen) atoms. The molecule has 2 heterocycles. The molecule has 1 N–H and O–H groups in total. The summed E-state index contributed by atoms with van der Waals surface area (Å²) in [5, 5.41) is 4.61. The number of rotatable bonds is 5. The molecule has 0 fully saturated rings. The Bertz CT molecular complexity index is 422. The van der Waals surface area contributed by atoms with Crippen LogP contribution in [-0.2, 0) is 13.0 Å². The molecule has 0 saturated heterocycles. The Morgan fingerprint density at radius 2 is 2.44 bits per heavy atom. The van der Waals surface area contributed by atoms with Crippen LogP contribution in [0.5, 0.6) is 0 Å². The highest BCUT2D eigenvalue weighted by Gasteiger charge is 2.08. The van der Waals surface area contributed by atoms with Crippen LogP contribution in [0.2, 0.25) is 0 Å². The predicted molar refractivity (Wildman–Crippen MR) is 65.5 cm³/mol. The summed E-state index contributed by atoms with van der Waals surface area (Å²) in [6.45, 7) is 5.07. The quantitative estimate of drug-likeness (QED) is 0.866. The van der Waals surface area contributed by atoms with Crippen LogP contribution in [0.15, 0.2) is 29.0 Å². The van der Waals surface area contributed by atoms with E-state index in [4.69, 9.17) is 4.42 Å². The van der Waals surface area contributed by atoms with Crippen LogP contribution >= 0.6 is 11.3 Å². The van der Waals surface area contributed by atoms with Gasteiger partial charge in [0.2, 0.25) is 0 Å². The van der Waals surface area contributed by atoms with Gasteiger partial charge < -0.3 is 9.73 Å². The zero-order valence-electron chi connectivity index (χ0n) is 9.56. The summed E-state index contributed by atoms with van der Waals surface area (Å²) in [7, 11) is 0. The largest absolute Gasteiger partial charge is 0.468 e. The number of aromatic nitrogens is 1. The Hall–Kier alpha value is -1.13. The lowest BCUT2D eigenvalue weighted by Gasteiger charge is -2.09. The summed E-state index contributed by atoms with van der Waals surface area (Å²) in [6, 6.07) is 4.14. The van der Waals surface area contributed by atoms with Crippen molar-refractivity contribution in [1.29, 1.82) is 0 Å². The third-order valence-corrected chi connectivity index (χ3v) is 3.60. The third-order valence-electron chi connectivity index (χ3n) is 2.46. The molecule has 0 amide bonds. The van der Waals surface area contributed by atoms with Crippen molar-refractivity contribution in [3.8, 4) is 0 Å². The van der Waals surface area contributed by atoms with Crippen molar-refractivity contribution in [3.05, 3.63) is 40.2 Å². The van der Waals surface area contributed by atoms with Gasteiger partial charge in [-0.15, -0.1) is 11.3 Å². The van der Waals surface area contributed by atoms with E-state index in [1.165, 1.54) is 9.88 Å². The van der Waals surface area contributed by atoms with Crippen molar-refractivity contribution in [2.45, 2.75) is 32.9 Å². The number of aryl methyl sites for hydroxylation is 1. The first kappa shape index (κ1) is 11.4. The lowest BCUT2D eigenvalue weighted by molar-refractivity contribution is 0.431. The van der Waals surface area contributed by atoms with Crippen LogP contribution in [0, 0.1) is 0 Å². The van der Waals surface area contributed by atoms with Gasteiger partial charge >= 0.3 is 0 Å². The van der Waals surface area contributed by atoms with Gasteiger partial charge in [-0.3, -0.25) is 0 Å². The number of nitrogens with zero attached hydrogens (tertiary/aromatic N) is 1. The minimum atomic E-state index is 0.238. The fraction of sp³-hybridized carbons (Fsp3) is 0.417. The summed E-state index contributed by atoms with van der Waals surface area (Å²) < 4.78 is 5.34. The molecule has 2 aromatic rings. The summed E-state index contributed by atoms with van der Waals surface area (Å²) in [6.07, 6.45) is 4.67. The van der Waals surface area contributed by atoms with Crippen LogP contribution in [-0.4, -0.2) is 4.98 Å². The summed E-state index contributed by atoms with van der Waals surface area (Å²) in [5.74, 6) is 0.972. The van der Waals surface area contributed by atoms with E-state index in [0.29, 0.717) is 0 Å². The normalized spacial score (nSPS) is 12.9. The molecular weight excluding hydrogens is 220 g/mol. The van der Waals surface area contributed by atoms with Gasteiger partial charge in [0, 0.05) is 17.6 Å². The minimum Gasteiger partial charge on any atom is -0.468 e. The van der Waals surface area contributed by atoms with E-state index >= 15 is 0 Å². The Morgan fingerprint density at radius 3 is 3.06 bits per heavy atom. The average Bonchev–Trinajstić information content (AvgIpc) is 2.96. The molecule has 1 atom stereocenters. The zero-order valence-corrected chi connectivity index (χ0v) is 10.4. The van der Waals surface area contributed by atoms with Crippen molar-refractivity contribution in [1.82, 2.24) is 10.3 Å². The maximum absolute atomic E-state index is 5.34. The second kappa shape index (κ2) is 5.27. The van der Waals surface area contributed by atoms with Crippen LogP contribution in [0.1, 0.15) is 35.5 Å². The van der Waals surface area contributed by atoms with Gasteiger partial charge in [-0.2, -0.15) is 0 Å². The number of hydrogen-bond acceptors (Lipinski definition) is 4. The standard InChI is InChI=1S/C12H16N2OS/c1-3-12-14-8-10(16-12)7-13-9(2)11-5-4-6-15-11/h4-6,8-9,13H,3,7H2,1-2H3/t9-/m1/s1. The minimum absolute atomic E-state index is 0.238. The predicted octanol–water partition coefficient (Wildman–Crippen LogP) is 3.15. The van der Waals surface area contributed by atoms with Gasteiger partial charge in [0.05, 0.1) is 17.3 Å². The second-order valence-electron chi connectivity index (χ2n) is 3.69. The molecular formula is C12H16N2OS. The number of hydrogen-bond donors (Lipinski definition) is 1. The van der Waals surface area contributed by atoms with Crippen molar-refractivity contribution in [2.24, 2.45) is 0 Å². The maximum atomic E-state index is 5.34.